The second-order valence-corrected chi connectivity index (χ2v) is 7.63. The highest BCUT2D eigenvalue weighted by atomic mass is 32.2. The summed E-state index contributed by atoms with van der Waals surface area (Å²) in [7, 11) is -3.34. The lowest BCUT2D eigenvalue weighted by Gasteiger charge is -2.41. The lowest BCUT2D eigenvalue weighted by Crippen LogP contribution is -2.51. The summed E-state index contributed by atoms with van der Waals surface area (Å²) in [6.45, 7) is 5.98. The van der Waals surface area contributed by atoms with Crippen molar-refractivity contribution in [3.63, 3.8) is 0 Å². The zero-order valence-corrected chi connectivity index (χ0v) is 12.2. The minimum absolute atomic E-state index is 0.0189. The molecule has 1 atom stereocenters. The highest BCUT2D eigenvalue weighted by molar-refractivity contribution is 7.86. The van der Waals surface area contributed by atoms with Crippen molar-refractivity contribution < 1.29 is 13.5 Å². The van der Waals surface area contributed by atoms with E-state index in [-0.39, 0.29) is 12.0 Å². The first-order valence-electron chi connectivity index (χ1n) is 7.01. The summed E-state index contributed by atoms with van der Waals surface area (Å²) in [5, 5.41) is 9.64. The fourth-order valence-electron chi connectivity index (χ4n) is 3.11. The van der Waals surface area contributed by atoms with Crippen LogP contribution in [0.2, 0.25) is 0 Å². The zero-order chi connectivity index (χ0) is 13.9. The van der Waals surface area contributed by atoms with E-state index in [1.807, 2.05) is 0 Å². The SMILES string of the molecule is C=CC[C@@]1(CO)CCCN(S(=O)(=O)N2CCCC2)C1. The van der Waals surface area contributed by atoms with Crippen molar-refractivity contribution in [2.75, 3.05) is 32.8 Å². The van der Waals surface area contributed by atoms with Gasteiger partial charge in [-0.2, -0.15) is 17.0 Å². The second kappa shape index (κ2) is 5.91. The first-order valence-corrected chi connectivity index (χ1v) is 8.41. The average Bonchev–Trinajstić information content (AvgIpc) is 2.94. The third-order valence-electron chi connectivity index (χ3n) is 4.26. The van der Waals surface area contributed by atoms with E-state index >= 15 is 0 Å². The topological polar surface area (TPSA) is 60.9 Å². The number of aliphatic hydroxyl groups is 1. The van der Waals surface area contributed by atoms with E-state index < -0.39 is 10.2 Å². The van der Waals surface area contributed by atoms with Crippen LogP contribution in [0, 0.1) is 5.41 Å². The minimum Gasteiger partial charge on any atom is -0.396 e. The van der Waals surface area contributed by atoms with Gasteiger partial charge < -0.3 is 5.11 Å². The molecule has 2 aliphatic rings. The van der Waals surface area contributed by atoms with Crippen LogP contribution in [0.5, 0.6) is 0 Å². The van der Waals surface area contributed by atoms with E-state index in [1.165, 1.54) is 0 Å². The fraction of sp³-hybridized carbons (Fsp3) is 0.846. The first kappa shape index (κ1) is 15.0. The number of rotatable bonds is 5. The van der Waals surface area contributed by atoms with Gasteiger partial charge in [0, 0.05) is 31.6 Å². The average molecular weight is 288 g/mol. The van der Waals surface area contributed by atoms with Crippen LogP contribution in [0.1, 0.15) is 32.1 Å². The Balaban J connectivity index is 2.13. The number of hydrogen-bond donors (Lipinski definition) is 1. The van der Waals surface area contributed by atoms with Crippen molar-refractivity contribution in [2.24, 2.45) is 5.41 Å². The fourth-order valence-corrected chi connectivity index (χ4v) is 4.95. The molecule has 0 bridgehead atoms. The molecule has 2 heterocycles. The van der Waals surface area contributed by atoms with Crippen LogP contribution in [0.4, 0.5) is 0 Å². The molecule has 2 saturated heterocycles. The standard InChI is InChI=1S/C13H24N2O3S/c1-2-6-13(12-16)7-5-10-15(11-13)19(17,18)14-8-3-4-9-14/h2,16H,1,3-12H2/t13-/m1/s1. The normalized spacial score (nSPS) is 30.6. The van der Waals surface area contributed by atoms with Gasteiger partial charge in [-0.1, -0.05) is 6.08 Å². The van der Waals surface area contributed by atoms with Crippen LogP contribution in [0.3, 0.4) is 0 Å². The van der Waals surface area contributed by atoms with Gasteiger partial charge in [0.1, 0.15) is 0 Å². The van der Waals surface area contributed by atoms with Crippen LogP contribution >= 0.6 is 0 Å². The Morgan fingerprint density at radius 3 is 2.37 bits per heavy atom. The van der Waals surface area contributed by atoms with Crippen LogP contribution in [-0.4, -0.2) is 54.9 Å². The van der Waals surface area contributed by atoms with Gasteiger partial charge in [0.15, 0.2) is 0 Å². The van der Waals surface area contributed by atoms with E-state index in [1.54, 1.807) is 14.7 Å². The first-order chi connectivity index (χ1) is 9.04. The van der Waals surface area contributed by atoms with Gasteiger partial charge in [-0.05, 0) is 32.1 Å². The van der Waals surface area contributed by atoms with Crippen molar-refractivity contribution >= 4 is 10.2 Å². The molecule has 2 fully saturated rings. The smallest absolute Gasteiger partial charge is 0.281 e. The molecule has 19 heavy (non-hydrogen) atoms. The van der Waals surface area contributed by atoms with Gasteiger partial charge in [0.25, 0.3) is 10.2 Å². The predicted molar refractivity (Wildman–Crippen MR) is 74.9 cm³/mol. The molecule has 0 aromatic heterocycles. The number of aliphatic hydroxyl groups excluding tert-OH is 1. The minimum atomic E-state index is -3.34. The molecule has 2 rings (SSSR count). The highest BCUT2D eigenvalue weighted by Crippen LogP contribution is 2.35. The van der Waals surface area contributed by atoms with Gasteiger partial charge in [0.2, 0.25) is 0 Å². The van der Waals surface area contributed by atoms with Crippen molar-refractivity contribution in [2.45, 2.75) is 32.1 Å². The van der Waals surface area contributed by atoms with Gasteiger partial charge in [-0.25, -0.2) is 0 Å². The molecule has 0 unspecified atom stereocenters. The van der Waals surface area contributed by atoms with Crippen LogP contribution < -0.4 is 0 Å². The molecule has 110 valence electrons. The molecule has 1 N–H and O–H groups in total. The van der Waals surface area contributed by atoms with Crippen LogP contribution in [0.15, 0.2) is 12.7 Å². The molecule has 2 aliphatic heterocycles. The lowest BCUT2D eigenvalue weighted by molar-refractivity contribution is 0.0648. The van der Waals surface area contributed by atoms with Crippen LogP contribution in [0.25, 0.3) is 0 Å². The molecule has 0 spiro atoms. The van der Waals surface area contributed by atoms with Crippen molar-refractivity contribution in [1.29, 1.82) is 0 Å². The molecule has 0 saturated carbocycles. The van der Waals surface area contributed by atoms with Crippen molar-refractivity contribution in [3.8, 4) is 0 Å². The van der Waals surface area contributed by atoms with E-state index in [0.717, 1.165) is 25.7 Å². The third kappa shape index (κ3) is 3.02. The Labute approximate surface area is 116 Å². The summed E-state index contributed by atoms with van der Waals surface area (Å²) < 4.78 is 28.2. The molecule has 6 heteroatoms. The monoisotopic (exact) mass is 288 g/mol. The maximum atomic E-state index is 12.5. The summed E-state index contributed by atoms with van der Waals surface area (Å²) in [4.78, 5) is 0. The zero-order valence-electron chi connectivity index (χ0n) is 11.4. The summed E-state index contributed by atoms with van der Waals surface area (Å²) in [5.41, 5.74) is -0.340. The van der Waals surface area contributed by atoms with Gasteiger partial charge in [-0.15, -0.1) is 6.58 Å². The number of nitrogens with zero attached hydrogens (tertiary/aromatic N) is 2. The van der Waals surface area contributed by atoms with E-state index in [9.17, 15) is 13.5 Å². The quantitative estimate of drug-likeness (QED) is 0.767. The second-order valence-electron chi connectivity index (χ2n) is 5.70. The summed E-state index contributed by atoms with van der Waals surface area (Å²) >= 11 is 0. The number of allylic oxidation sites excluding steroid dienone is 1. The lowest BCUT2D eigenvalue weighted by atomic mass is 9.79. The maximum Gasteiger partial charge on any atom is 0.281 e. The molecule has 0 aromatic carbocycles. The molecule has 0 amide bonds. The Kier molecular flexibility index (Phi) is 4.66. The van der Waals surface area contributed by atoms with E-state index in [4.69, 9.17) is 0 Å². The summed E-state index contributed by atoms with van der Waals surface area (Å²) in [6, 6.07) is 0. The van der Waals surface area contributed by atoms with E-state index in [2.05, 4.69) is 6.58 Å². The molecule has 0 radical (unpaired) electrons. The largest absolute Gasteiger partial charge is 0.396 e. The van der Waals surface area contributed by atoms with Crippen molar-refractivity contribution in [1.82, 2.24) is 8.61 Å². The van der Waals surface area contributed by atoms with E-state index in [0.29, 0.717) is 32.6 Å². The highest BCUT2D eigenvalue weighted by Gasteiger charge is 2.41. The van der Waals surface area contributed by atoms with Crippen molar-refractivity contribution in [3.05, 3.63) is 12.7 Å². The Morgan fingerprint density at radius 1 is 1.16 bits per heavy atom. The Morgan fingerprint density at radius 2 is 1.79 bits per heavy atom. The predicted octanol–water partition coefficient (Wildman–Crippen LogP) is 0.978. The Hall–Kier alpha value is -0.430. The maximum absolute atomic E-state index is 12.5. The summed E-state index contributed by atoms with van der Waals surface area (Å²) in [5.74, 6) is 0. The third-order valence-corrected chi connectivity index (χ3v) is 6.24. The molecule has 5 nitrogen and oxygen atoms in total. The molecular weight excluding hydrogens is 264 g/mol. The molecular formula is C13H24N2O3S. The number of piperidine rings is 1. The van der Waals surface area contributed by atoms with Crippen LogP contribution in [-0.2, 0) is 10.2 Å². The molecule has 0 aromatic rings. The Bertz CT molecular complexity index is 418. The van der Waals surface area contributed by atoms with Gasteiger partial charge in [-0.3, -0.25) is 0 Å². The number of hydrogen-bond acceptors (Lipinski definition) is 3. The van der Waals surface area contributed by atoms with Gasteiger partial charge >= 0.3 is 0 Å². The van der Waals surface area contributed by atoms with Gasteiger partial charge in [0.05, 0.1) is 6.61 Å². The summed E-state index contributed by atoms with van der Waals surface area (Å²) in [6.07, 6.45) is 6.01. The molecule has 0 aliphatic carbocycles.